The van der Waals surface area contributed by atoms with Gasteiger partial charge in [0.05, 0.1) is 0 Å². The van der Waals surface area contributed by atoms with Gasteiger partial charge < -0.3 is 17.2 Å². The average molecular weight is 548 g/mol. The number of allylic oxidation sites excluding steroid dienone is 6. The van der Waals surface area contributed by atoms with E-state index in [4.69, 9.17) is 17.2 Å². The normalized spacial score (nSPS) is 34.4. The van der Waals surface area contributed by atoms with Gasteiger partial charge in [-0.15, -0.1) is 0 Å². The molecular weight excluding hydrogens is 486 g/mol. The zero-order valence-corrected chi connectivity index (χ0v) is 26.7. The topological polar surface area (TPSA) is 78.1 Å². The van der Waals surface area contributed by atoms with Crippen molar-refractivity contribution in [1.29, 1.82) is 0 Å². The quantitative estimate of drug-likeness (QED) is 0.192. The molecule has 3 heteroatoms. The summed E-state index contributed by atoms with van der Waals surface area (Å²) in [6, 6.07) is -0.223. The molecule has 6 unspecified atom stereocenters. The van der Waals surface area contributed by atoms with Crippen molar-refractivity contribution in [3.05, 3.63) is 71.4 Å². The van der Waals surface area contributed by atoms with Crippen LogP contribution in [0.4, 0.5) is 0 Å². The van der Waals surface area contributed by atoms with Crippen LogP contribution in [0.15, 0.2) is 71.4 Å². The third-order valence-corrected chi connectivity index (χ3v) is 10.1. The van der Waals surface area contributed by atoms with Crippen molar-refractivity contribution in [3.8, 4) is 0 Å². The van der Waals surface area contributed by atoms with Gasteiger partial charge in [0.25, 0.3) is 0 Å². The molecule has 0 aromatic heterocycles. The Morgan fingerprint density at radius 2 is 0.775 bits per heavy atom. The van der Waals surface area contributed by atoms with Crippen molar-refractivity contribution in [3.63, 3.8) is 0 Å². The summed E-state index contributed by atoms with van der Waals surface area (Å²) in [7, 11) is 0. The summed E-state index contributed by atoms with van der Waals surface area (Å²) in [6.07, 6.45) is 34.9. The lowest BCUT2D eigenvalue weighted by molar-refractivity contribution is -0.0431. The Bertz CT molecular complexity index is 884. The average Bonchev–Trinajstić information content (AvgIpc) is 2.91. The molecule has 0 heterocycles. The minimum Gasteiger partial charge on any atom is -0.324 e. The molecular formula is C37H61N3. The molecule has 3 aliphatic rings. The van der Waals surface area contributed by atoms with E-state index in [0.29, 0.717) is 0 Å². The monoisotopic (exact) mass is 547 g/mol. The van der Waals surface area contributed by atoms with Crippen LogP contribution in [-0.4, -0.2) is 18.1 Å². The standard InChI is InChI=1S/C37H61N3/c1-7-13-28-16-22-35(19-10-4,31(38)25-28)34(36(20-11-5)23-17-29(14-8-2)26-32(36)39)37(21-12-6)24-18-30(15-9-3)27-33(37)40/h16-18,22-27,31-34H,7-15,19-21,38-40H2,1-6H3. The van der Waals surface area contributed by atoms with Crippen molar-refractivity contribution in [2.24, 2.45) is 39.4 Å². The van der Waals surface area contributed by atoms with Crippen LogP contribution in [0, 0.1) is 22.2 Å². The molecule has 224 valence electrons. The van der Waals surface area contributed by atoms with Crippen molar-refractivity contribution in [2.75, 3.05) is 0 Å². The predicted octanol–water partition coefficient (Wildman–Crippen LogP) is 8.83. The van der Waals surface area contributed by atoms with Gasteiger partial charge in [0, 0.05) is 34.4 Å². The summed E-state index contributed by atoms with van der Waals surface area (Å²) in [4.78, 5) is 0. The lowest BCUT2D eigenvalue weighted by atomic mass is 9.42. The van der Waals surface area contributed by atoms with Gasteiger partial charge in [-0.1, -0.05) is 151 Å². The minimum atomic E-state index is -0.244. The fourth-order valence-electron chi connectivity index (χ4n) is 8.66. The Kier molecular flexibility index (Phi) is 11.9. The van der Waals surface area contributed by atoms with E-state index in [0.717, 1.165) is 77.0 Å². The highest BCUT2D eigenvalue weighted by molar-refractivity contribution is 5.42. The summed E-state index contributed by atoms with van der Waals surface area (Å²) >= 11 is 0. The molecule has 0 aromatic carbocycles. The minimum absolute atomic E-state index is 0.0744. The van der Waals surface area contributed by atoms with Crippen LogP contribution >= 0.6 is 0 Å². The molecule has 0 aromatic rings. The molecule has 0 fully saturated rings. The number of hydrogen-bond acceptors (Lipinski definition) is 3. The lowest BCUT2D eigenvalue weighted by Gasteiger charge is -2.62. The predicted molar refractivity (Wildman–Crippen MR) is 176 cm³/mol. The molecule has 6 atom stereocenters. The molecule has 0 bridgehead atoms. The van der Waals surface area contributed by atoms with E-state index in [1.807, 2.05) is 0 Å². The Hall–Kier alpha value is -1.68. The highest BCUT2D eigenvalue weighted by Gasteiger charge is 2.62. The van der Waals surface area contributed by atoms with Crippen molar-refractivity contribution >= 4 is 0 Å². The maximum Gasteiger partial charge on any atom is 0.0325 e. The van der Waals surface area contributed by atoms with Gasteiger partial charge in [0.15, 0.2) is 0 Å². The van der Waals surface area contributed by atoms with E-state index in [9.17, 15) is 0 Å². The van der Waals surface area contributed by atoms with Gasteiger partial charge in [-0.2, -0.15) is 0 Å². The zero-order valence-electron chi connectivity index (χ0n) is 26.7. The molecule has 0 amide bonds. The summed E-state index contributed by atoms with van der Waals surface area (Å²) < 4.78 is 0. The third kappa shape index (κ3) is 6.22. The summed E-state index contributed by atoms with van der Waals surface area (Å²) in [5.41, 5.74) is 25.6. The molecule has 3 rings (SSSR count). The second kappa shape index (κ2) is 14.5. The van der Waals surface area contributed by atoms with Crippen molar-refractivity contribution in [2.45, 2.75) is 137 Å². The molecule has 0 saturated carbocycles. The maximum atomic E-state index is 7.40. The van der Waals surface area contributed by atoms with E-state index >= 15 is 0 Å². The molecule has 0 saturated heterocycles. The largest absolute Gasteiger partial charge is 0.324 e. The van der Waals surface area contributed by atoms with Crippen LogP contribution in [0.25, 0.3) is 0 Å². The zero-order chi connectivity index (χ0) is 29.4. The summed E-state index contributed by atoms with van der Waals surface area (Å²) in [6.45, 7) is 13.7. The summed E-state index contributed by atoms with van der Waals surface area (Å²) in [5.74, 6) is 0.161. The molecule has 6 N–H and O–H groups in total. The van der Waals surface area contributed by atoms with E-state index in [2.05, 4.69) is 96.2 Å². The Morgan fingerprint density at radius 3 is 0.975 bits per heavy atom. The van der Waals surface area contributed by atoms with Crippen molar-refractivity contribution < 1.29 is 0 Å². The SMILES string of the molecule is CCCC1=CC(N)C(CCC)(C(C2(CCC)C=CC(CCC)=CC2N)C2(CCC)C=CC(CCC)=CC2N)C=C1. The van der Waals surface area contributed by atoms with Crippen LogP contribution in [0.3, 0.4) is 0 Å². The fraction of sp³-hybridized carbons (Fsp3) is 0.676. The van der Waals surface area contributed by atoms with Crippen LogP contribution in [0.1, 0.15) is 119 Å². The molecule has 3 aliphatic carbocycles. The first-order chi connectivity index (χ1) is 19.2. The molecule has 0 aliphatic heterocycles. The maximum absolute atomic E-state index is 7.40. The first-order valence-electron chi connectivity index (χ1n) is 16.7. The second-order valence-electron chi connectivity index (χ2n) is 13.1. The van der Waals surface area contributed by atoms with Gasteiger partial charge in [-0.25, -0.2) is 0 Å². The molecule has 0 radical (unpaired) electrons. The van der Waals surface area contributed by atoms with E-state index in [1.54, 1.807) is 0 Å². The van der Waals surface area contributed by atoms with Crippen LogP contribution in [-0.2, 0) is 0 Å². The van der Waals surface area contributed by atoms with E-state index in [1.165, 1.54) is 16.7 Å². The molecule has 0 spiro atoms. The third-order valence-electron chi connectivity index (χ3n) is 10.1. The van der Waals surface area contributed by atoms with Gasteiger partial charge >= 0.3 is 0 Å². The smallest absolute Gasteiger partial charge is 0.0325 e. The van der Waals surface area contributed by atoms with Crippen molar-refractivity contribution in [1.82, 2.24) is 0 Å². The Balaban J connectivity index is 2.35. The Labute approximate surface area is 247 Å². The fourth-order valence-corrected chi connectivity index (χ4v) is 8.66. The van der Waals surface area contributed by atoms with Gasteiger partial charge in [-0.05, 0) is 44.4 Å². The van der Waals surface area contributed by atoms with Crippen LogP contribution in [0.5, 0.6) is 0 Å². The van der Waals surface area contributed by atoms with Crippen LogP contribution < -0.4 is 17.2 Å². The molecule has 3 nitrogen and oxygen atoms in total. The second-order valence-corrected chi connectivity index (χ2v) is 13.1. The highest BCUT2D eigenvalue weighted by Crippen LogP contribution is 2.63. The van der Waals surface area contributed by atoms with Gasteiger partial charge in [0.2, 0.25) is 0 Å². The highest BCUT2D eigenvalue weighted by atomic mass is 14.8. The number of hydrogen-bond donors (Lipinski definition) is 3. The first kappa shape index (κ1) is 32.8. The van der Waals surface area contributed by atoms with Gasteiger partial charge in [0.1, 0.15) is 0 Å². The lowest BCUT2D eigenvalue weighted by Crippen LogP contribution is -2.65. The number of nitrogens with two attached hydrogens (primary N) is 3. The van der Waals surface area contributed by atoms with E-state index < -0.39 is 0 Å². The van der Waals surface area contributed by atoms with Gasteiger partial charge in [-0.3, -0.25) is 0 Å². The Morgan fingerprint density at radius 1 is 0.500 bits per heavy atom. The van der Waals surface area contributed by atoms with E-state index in [-0.39, 0.29) is 40.3 Å². The number of rotatable bonds is 15. The molecule has 40 heavy (non-hydrogen) atoms. The van der Waals surface area contributed by atoms with Crippen LogP contribution in [0.2, 0.25) is 0 Å². The first-order valence-corrected chi connectivity index (χ1v) is 16.7. The summed E-state index contributed by atoms with van der Waals surface area (Å²) in [5, 5.41) is 0.